The van der Waals surface area contributed by atoms with Crippen LogP contribution in [-0.4, -0.2) is 24.8 Å². The zero-order chi connectivity index (χ0) is 15.8. The van der Waals surface area contributed by atoms with E-state index in [1.807, 2.05) is 20.8 Å². The molecule has 0 bridgehead atoms. The van der Waals surface area contributed by atoms with E-state index in [0.29, 0.717) is 12.5 Å². The largest absolute Gasteiger partial charge is 0.469 e. The third kappa shape index (κ3) is 3.14. The van der Waals surface area contributed by atoms with Crippen molar-refractivity contribution in [2.75, 3.05) is 13.1 Å². The first-order valence-electron chi connectivity index (χ1n) is 8.17. The Balaban J connectivity index is 1.57. The van der Waals surface area contributed by atoms with Gasteiger partial charge in [-0.15, -0.1) is 0 Å². The molecule has 1 aromatic heterocycles. The van der Waals surface area contributed by atoms with E-state index in [9.17, 15) is 4.79 Å². The highest BCUT2D eigenvalue weighted by molar-refractivity contribution is 5.67. The SMILES string of the molecule is CC(C)(C)OC(=O)NCC1CCC2(C1)NCCc1occc12. The van der Waals surface area contributed by atoms with E-state index in [2.05, 4.69) is 16.7 Å². The first-order valence-corrected chi connectivity index (χ1v) is 8.17. The topological polar surface area (TPSA) is 63.5 Å². The Morgan fingerprint density at radius 3 is 3.14 bits per heavy atom. The van der Waals surface area contributed by atoms with Crippen molar-refractivity contribution in [3.05, 3.63) is 23.7 Å². The summed E-state index contributed by atoms with van der Waals surface area (Å²) in [5.74, 6) is 1.60. The molecule has 1 aliphatic carbocycles. The number of nitrogens with one attached hydrogen (secondary N) is 2. The molecule has 2 unspecified atom stereocenters. The average Bonchev–Trinajstić information content (AvgIpc) is 3.03. The second-order valence-corrected chi connectivity index (χ2v) is 7.51. The van der Waals surface area contributed by atoms with Crippen molar-refractivity contribution in [3.8, 4) is 0 Å². The highest BCUT2D eigenvalue weighted by Gasteiger charge is 2.44. The third-order valence-electron chi connectivity index (χ3n) is 4.63. The molecule has 0 saturated heterocycles. The first kappa shape index (κ1) is 15.4. The van der Waals surface area contributed by atoms with Crippen LogP contribution in [0.1, 0.15) is 51.4 Å². The molecule has 5 nitrogen and oxygen atoms in total. The van der Waals surface area contributed by atoms with E-state index in [-0.39, 0.29) is 11.6 Å². The van der Waals surface area contributed by atoms with Crippen LogP contribution >= 0.6 is 0 Å². The van der Waals surface area contributed by atoms with Crippen molar-refractivity contribution < 1.29 is 13.9 Å². The van der Waals surface area contributed by atoms with Gasteiger partial charge in [-0.25, -0.2) is 4.79 Å². The number of carbonyl (C=O) groups is 1. The van der Waals surface area contributed by atoms with Crippen LogP contribution in [0, 0.1) is 5.92 Å². The lowest BCUT2D eigenvalue weighted by Crippen LogP contribution is -2.45. The standard InChI is InChI=1S/C17H26N2O3/c1-16(2,3)22-15(20)18-11-12-4-7-17(10-12)13-6-9-21-14(13)5-8-19-17/h6,9,12,19H,4-5,7-8,10-11H2,1-3H3,(H,18,20). The maximum absolute atomic E-state index is 11.8. The van der Waals surface area contributed by atoms with Crippen LogP contribution in [0.2, 0.25) is 0 Å². The average molecular weight is 306 g/mol. The second kappa shape index (κ2) is 5.61. The molecule has 0 aromatic carbocycles. The minimum Gasteiger partial charge on any atom is -0.469 e. The molecule has 1 aromatic rings. The fourth-order valence-electron chi connectivity index (χ4n) is 3.74. The second-order valence-electron chi connectivity index (χ2n) is 7.51. The molecule has 0 radical (unpaired) electrons. The highest BCUT2D eigenvalue weighted by Crippen LogP contribution is 2.45. The lowest BCUT2D eigenvalue weighted by atomic mass is 9.84. The van der Waals surface area contributed by atoms with Gasteiger partial charge in [-0.1, -0.05) is 0 Å². The molecule has 1 fully saturated rings. The van der Waals surface area contributed by atoms with E-state index in [1.165, 1.54) is 5.56 Å². The summed E-state index contributed by atoms with van der Waals surface area (Å²) in [7, 11) is 0. The van der Waals surface area contributed by atoms with Crippen molar-refractivity contribution in [1.29, 1.82) is 0 Å². The zero-order valence-corrected chi connectivity index (χ0v) is 13.7. The number of furan rings is 1. The maximum Gasteiger partial charge on any atom is 0.407 e. The molecule has 5 heteroatoms. The van der Waals surface area contributed by atoms with E-state index < -0.39 is 5.60 Å². The summed E-state index contributed by atoms with van der Waals surface area (Å²) in [5, 5.41) is 6.60. The van der Waals surface area contributed by atoms with E-state index in [4.69, 9.17) is 9.15 Å². The Bertz CT molecular complexity index is 546. The molecule has 3 rings (SSSR count). The van der Waals surface area contributed by atoms with Crippen LogP contribution in [0.3, 0.4) is 0 Å². The summed E-state index contributed by atoms with van der Waals surface area (Å²) >= 11 is 0. The van der Waals surface area contributed by atoms with Gasteiger partial charge in [0.15, 0.2) is 0 Å². The number of ether oxygens (including phenoxy) is 1. The first-order chi connectivity index (χ1) is 10.4. The molecule has 2 N–H and O–H groups in total. The van der Waals surface area contributed by atoms with Crippen LogP contribution in [0.15, 0.2) is 16.7 Å². The summed E-state index contributed by atoms with van der Waals surface area (Å²) in [6.07, 6.45) is 5.67. The molecule has 2 heterocycles. The molecule has 22 heavy (non-hydrogen) atoms. The summed E-state index contributed by atoms with van der Waals surface area (Å²) in [5.41, 5.74) is 0.914. The van der Waals surface area contributed by atoms with Gasteiger partial charge in [0.1, 0.15) is 11.4 Å². The predicted molar refractivity (Wildman–Crippen MR) is 83.7 cm³/mol. The Hall–Kier alpha value is -1.49. The van der Waals surface area contributed by atoms with Gasteiger partial charge in [-0.3, -0.25) is 0 Å². The lowest BCUT2D eigenvalue weighted by molar-refractivity contribution is 0.0518. The molecule has 1 saturated carbocycles. The number of rotatable bonds is 2. The summed E-state index contributed by atoms with van der Waals surface area (Å²) in [6.45, 7) is 7.27. The van der Waals surface area contributed by atoms with Gasteiger partial charge >= 0.3 is 6.09 Å². The summed E-state index contributed by atoms with van der Waals surface area (Å²) < 4.78 is 10.9. The van der Waals surface area contributed by atoms with E-state index in [1.54, 1.807) is 6.26 Å². The van der Waals surface area contributed by atoms with Gasteiger partial charge in [0.2, 0.25) is 0 Å². The molecule has 122 valence electrons. The van der Waals surface area contributed by atoms with Crippen LogP contribution in [-0.2, 0) is 16.7 Å². The van der Waals surface area contributed by atoms with Gasteiger partial charge in [0.25, 0.3) is 0 Å². The Morgan fingerprint density at radius 2 is 2.36 bits per heavy atom. The molecule has 1 amide bonds. The van der Waals surface area contributed by atoms with Crippen molar-refractivity contribution >= 4 is 6.09 Å². The molecule has 2 aliphatic rings. The maximum atomic E-state index is 11.8. The molecular formula is C17H26N2O3. The number of hydrogen-bond acceptors (Lipinski definition) is 4. The van der Waals surface area contributed by atoms with Gasteiger partial charge < -0.3 is 19.8 Å². The van der Waals surface area contributed by atoms with E-state index in [0.717, 1.165) is 38.0 Å². The van der Waals surface area contributed by atoms with Crippen LogP contribution in [0.4, 0.5) is 4.79 Å². The Labute approximate surface area is 131 Å². The van der Waals surface area contributed by atoms with Crippen LogP contribution < -0.4 is 10.6 Å². The van der Waals surface area contributed by atoms with Gasteiger partial charge in [0, 0.05) is 30.6 Å². The normalized spacial score (nSPS) is 27.7. The number of amides is 1. The Morgan fingerprint density at radius 1 is 1.55 bits per heavy atom. The smallest absolute Gasteiger partial charge is 0.407 e. The number of fused-ring (bicyclic) bond motifs is 2. The van der Waals surface area contributed by atoms with E-state index >= 15 is 0 Å². The summed E-state index contributed by atoms with van der Waals surface area (Å²) in [4.78, 5) is 11.8. The molecule has 1 spiro atoms. The number of hydrogen-bond donors (Lipinski definition) is 2. The fourth-order valence-corrected chi connectivity index (χ4v) is 3.74. The predicted octanol–water partition coefficient (Wildman–Crippen LogP) is 2.95. The molecule has 1 aliphatic heterocycles. The monoisotopic (exact) mass is 306 g/mol. The van der Waals surface area contributed by atoms with Gasteiger partial charge in [-0.2, -0.15) is 0 Å². The van der Waals surface area contributed by atoms with Gasteiger partial charge in [0.05, 0.1) is 6.26 Å². The zero-order valence-electron chi connectivity index (χ0n) is 13.7. The van der Waals surface area contributed by atoms with Crippen molar-refractivity contribution in [3.63, 3.8) is 0 Å². The van der Waals surface area contributed by atoms with Crippen LogP contribution in [0.5, 0.6) is 0 Å². The van der Waals surface area contributed by atoms with Crippen molar-refractivity contribution in [1.82, 2.24) is 10.6 Å². The quantitative estimate of drug-likeness (QED) is 0.882. The minimum absolute atomic E-state index is 0.0425. The number of carbonyl (C=O) groups excluding carboxylic acids is 1. The highest BCUT2D eigenvalue weighted by atomic mass is 16.6. The molecular weight excluding hydrogens is 280 g/mol. The Kier molecular flexibility index (Phi) is 3.93. The lowest BCUT2D eigenvalue weighted by Gasteiger charge is -2.34. The van der Waals surface area contributed by atoms with Gasteiger partial charge in [-0.05, 0) is 52.0 Å². The van der Waals surface area contributed by atoms with Crippen molar-refractivity contribution in [2.24, 2.45) is 5.92 Å². The third-order valence-corrected chi connectivity index (χ3v) is 4.63. The number of alkyl carbamates (subject to hydrolysis) is 1. The van der Waals surface area contributed by atoms with Crippen molar-refractivity contribution in [2.45, 2.75) is 57.6 Å². The molecule has 2 atom stereocenters. The van der Waals surface area contributed by atoms with Crippen LogP contribution in [0.25, 0.3) is 0 Å². The summed E-state index contributed by atoms with van der Waals surface area (Å²) in [6, 6.07) is 2.10. The fraction of sp³-hybridized carbons (Fsp3) is 0.706. The minimum atomic E-state index is -0.447.